The van der Waals surface area contributed by atoms with E-state index >= 15 is 0 Å². The van der Waals surface area contributed by atoms with Crippen LogP contribution in [0.15, 0.2) is 41.3 Å². The first-order valence-electron chi connectivity index (χ1n) is 12.2. The van der Waals surface area contributed by atoms with Crippen LogP contribution in [0.4, 0.5) is 0 Å². The molecule has 3 rings (SSSR count). The molecule has 1 heterocycles. The molecule has 0 saturated carbocycles. The second kappa shape index (κ2) is 13.0. The van der Waals surface area contributed by atoms with E-state index in [-0.39, 0.29) is 29.5 Å². The van der Waals surface area contributed by atoms with Crippen molar-refractivity contribution in [2.75, 3.05) is 47.3 Å². The van der Waals surface area contributed by atoms with E-state index in [1.54, 1.807) is 45.6 Å². The Morgan fingerprint density at radius 2 is 1.49 bits per heavy atom. The molecule has 0 aromatic heterocycles. The van der Waals surface area contributed by atoms with Crippen LogP contribution in [0.2, 0.25) is 0 Å². The van der Waals surface area contributed by atoms with Gasteiger partial charge in [-0.3, -0.25) is 0 Å². The van der Waals surface area contributed by atoms with Crippen LogP contribution in [-0.2, 0) is 14.6 Å². The molecule has 2 atom stereocenters. The molecule has 9 nitrogen and oxygen atoms in total. The minimum Gasteiger partial charge on any atom is -0.493 e. The Bertz CT molecular complexity index is 1170. The summed E-state index contributed by atoms with van der Waals surface area (Å²) in [4.78, 5) is 0.0797. The normalized spacial score (nSPS) is 17.7. The quantitative estimate of drug-likeness (QED) is 0.373. The van der Waals surface area contributed by atoms with E-state index in [0.29, 0.717) is 48.1 Å². The van der Waals surface area contributed by atoms with Gasteiger partial charge in [0.05, 0.1) is 40.1 Å². The molecule has 0 spiro atoms. The molecule has 0 bridgehead atoms. The zero-order valence-corrected chi connectivity index (χ0v) is 22.9. The van der Waals surface area contributed by atoms with Gasteiger partial charge in [-0.2, -0.15) is 0 Å². The first-order valence-corrected chi connectivity index (χ1v) is 14.1. The largest absolute Gasteiger partial charge is 0.493 e. The Kier molecular flexibility index (Phi) is 10.1. The molecule has 1 aliphatic rings. The summed E-state index contributed by atoms with van der Waals surface area (Å²) in [6, 6.07) is 7.18. The number of methoxy groups -OCH3 is 3. The third-order valence-corrected chi connectivity index (χ3v) is 7.08. The van der Waals surface area contributed by atoms with E-state index in [2.05, 4.69) is 0 Å². The lowest BCUT2D eigenvalue weighted by Gasteiger charge is -2.20. The van der Waals surface area contributed by atoms with E-state index in [1.165, 1.54) is 0 Å². The smallest absolute Gasteiger partial charge is 0.203 e. The minimum absolute atomic E-state index is 0.0797. The summed E-state index contributed by atoms with van der Waals surface area (Å²) in [6.45, 7) is 2.93. The monoisotopic (exact) mass is 535 g/mol. The van der Waals surface area contributed by atoms with Gasteiger partial charge in [-0.1, -0.05) is 19.1 Å². The molecule has 0 amide bonds. The van der Waals surface area contributed by atoms with Crippen molar-refractivity contribution in [1.82, 2.24) is 0 Å². The van der Waals surface area contributed by atoms with E-state index in [4.69, 9.17) is 34.2 Å². The van der Waals surface area contributed by atoms with Gasteiger partial charge in [-0.05, 0) is 54.7 Å². The van der Waals surface area contributed by atoms with Crippen molar-refractivity contribution in [2.45, 2.75) is 43.3 Å². The molecule has 204 valence electrons. The number of rotatable bonds is 13. The Hall–Kier alpha value is -2.95. The van der Waals surface area contributed by atoms with Crippen LogP contribution < -0.4 is 29.4 Å². The Labute approximate surface area is 219 Å². The third-order valence-electron chi connectivity index (χ3n) is 5.98. The van der Waals surface area contributed by atoms with Gasteiger partial charge in [0.2, 0.25) is 5.75 Å². The maximum atomic E-state index is 12.8. The average Bonchev–Trinajstić information content (AvgIpc) is 3.38. The fourth-order valence-electron chi connectivity index (χ4n) is 4.23. The molecule has 0 radical (unpaired) electrons. The molecule has 0 unspecified atom stereocenters. The van der Waals surface area contributed by atoms with E-state index < -0.39 is 9.84 Å². The number of nitrogens with two attached hydrogens (primary N) is 1. The summed E-state index contributed by atoms with van der Waals surface area (Å²) in [5.41, 5.74) is 7.11. The van der Waals surface area contributed by atoms with E-state index in [9.17, 15) is 8.42 Å². The van der Waals surface area contributed by atoms with Crippen LogP contribution in [0.3, 0.4) is 0 Å². The van der Waals surface area contributed by atoms with Gasteiger partial charge in [0.1, 0.15) is 11.5 Å². The summed E-state index contributed by atoms with van der Waals surface area (Å²) in [5, 5.41) is 0. The number of sulfone groups is 1. The molecule has 10 heteroatoms. The number of benzene rings is 2. The summed E-state index contributed by atoms with van der Waals surface area (Å²) in [6.07, 6.45) is 6.27. The highest BCUT2D eigenvalue weighted by atomic mass is 32.2. The highest BCUT2D eigenvalue weighted by Crippen LogP contribution is 2.48. The molecule has 1 fully saturated rings. The topological polar surface area (TPSA) is 116 Å². The zero-order chi connectivity index (χ0) is 27.0. The molecule has 37 heavy (non-hydrogen) atoms. The lowest BCUT2D eigenvalue weighted by molar-refractivity contribution is 0.0435. The lowest BCUT2D eigenvalue weighted by Crippen LogP contribution is -2.09. The maximum Gasteiger partial charge on any atom is 0.203 e. The van der Waals surface area contributed by atoms with E-state index in [0.717, 1.165) is 24.7 Å². The standard InChI is InChI=1S/C27H37NO8S/c1-6-12-35-27-24(34-13-8-7-11-28)16-19(17-25(27)37(5,29)30)21-10-9-20(36-21)18-14-22(31-2)26(33-4)23(15-18)32-3/h7-8,14-17,20-21H,6,9-13,28H2,1-5H3/b8-7+/t20-,21-/m0/s1. The predicted molar refractivity (Wildman–Crippen MR) is 141 cm³/mol. The van der Waals surface area contributed by atoms with Gasteiger partial charge < -0.3 is 34.2 Å². The molecule has 1 aliphatic heterocycles. The van der Waals surface area contributed by atoms with Crippen molar-refractivity contribution in [3.63, 3.8) is 0 Å². The maximum absolute atomic E-state index is 12.8. The van der Waals surface area contributed by atoms with Gasteiger partial charge in [-0.15, -0.1) is 0 Å². The highest BCUT2D eigenvalue weighted by Gasteiger charge is 2.32. The van der Waals surface area contributed by atoms with Crippen LogP contribution in [0.25, 0.3) is 0 Å². The van der Waals surface area contributed by atoms with Crippen LogP contribution >= 0.6 is 0 Å². The van der Waals surface area contributed by atoms with Gasteiger partial charge in [0.15, 0.2) is 32.8 Å². The minimum atomic E-state index is -3.61. The summed E-state index contributed by atoms with van der Waals surface area (Å²) in [7, 11) is 1.08. The first-order chi connectivity index (χ1) is 17.8. The van der Waals surface area contributed by atoms with Crippen molar-refractivity contribution < 1.29 is 36.8 Å². The molecule has 2 N–H and O–H groups in total. The second-order valence-electron chi connectivity index (χ2n) is 8.63. The van der Waals surface area contributed by atoms with Crippen molar-refractivity contribution in [2.24, 2.45) is 5.73 Å². The van der Waals surface area contributed by atoms with Crippen molar-refractivity contribution in [3.8, 4) is 28.7 Å². The second-order valence-corrected chi connectivity index (χ2v) is 10.6. The van der Waals surface area contributed by atoms with Crippen LogP contribution in [0.5, 0.6) is 28.7 Å². The predicted octanol–water partition coefficient (Wildman–Crippen LogP) is 4.39. The third kappa shape index (κ3) is 6.88. The van der Waals surface area contributed by atoms with Gasteiger partial charge in [0, 0.05) is 12.8 Å². The van der Waals surface area contributed by atoms with Crippen molar-refractivity contribution in [1.29, 1.82) is 0 Å². The summed E-state index contributed by atoms with van der Waals surface area (Å²) >= 11 is 0. The highest BCUT2D eigenvalue weighted by molar-refractivity contribution is 7.90. The average molecular weight is 536 g/mol. The fourth-order valence-corrected chi connectivity index (χ4v) is 5.08. The SMILES string of the molecule is CCCOc1c(OC/C=C/CN)cc([C@@H]2CC[C@@H](c3cc(OC)c(OC)c(OC)c3)O2)cc1S(C)(=O)=O. The van der Waals surface area contributed by atoms with Crippen LogP contribution in [0.1, 0.15) is 49.5 Å². The van der Waals surface area contributed by atoms with E-state index in [1.807, 2.05) is 19.1 Å². The molecular formula is C27H37NO8S. The van der Waals surface area contributed by atoms with Gasteiger partial charge in [0.25, 0.3) is 0 Å². The number of hydrogen-bond acceptors (Lipinski definition) is 9. The fraction of sp³-hybridized carbons (Fsp3) is 0.481. The molecule has 1 saturated heterocycles. The molecule has 2 aromatic rings. The Morgan fingerprint density at radius 1 is 0.892 bits per heavy atom. The Morgan fingerprint density at radius 3 is 2.00 bits per heavy atom. The molecule has 0 aliphatic carbocycles. The van der Waals surface area contributed by atoms with Crippen molar-refractivity contribution >= 4 is 9.84 Å². The number of hydrogen-bond donors (Lipinski definition) is 1. The zero-order valence-electron chi connectivity index (χ0n) is 22.1. The first kappa shape index (κ1) is 28.6. The summed E-state index contributed by atoms with van der Waals surface area (Å²) in [5.74, 6) is 2.17. The number of ether oxygens (including phenoxy) is 6. The van der Waals surface area contributed by atoms with Gasteiger partial charge >= 0.3 is 0 Å². The lowest BCUT2D eigenvalue weighted by atomic mass is 10.0. The van der Waals surface area contributed by atoms with Crippen LogP contribution in [-0.4, -0.2) is 55.8 Å². The molecule has 2 aromatic carbocycles. The van der Waals surface area contributed by atoms with Gasteiger partial charge in [-0.25, -0.2) is 8.42 Å². The van der Waals surface area contributed by atoms with Crippen molar-refractivity contribution in [3.05, 3.63) is 47.5 Å². The molecular weight excluding hydrogens is 498 g/mol. The Balaban J connectivity index is 1.97. The van der Waals surface area contributed by atoms with Crippen LogP contribution in [0, 0.1) is 0 Å². The summed E-state index contributed by atoms with van der Waals surface area (Å²) < 4.78 is 60.1.